The summed E-state index contributed by atoms with van der Waals surface area (Å²) in [5.74, 6) is -1.46. The molecule has 24 heavy (non-hydrogen) atoms. The Morgan fingerprint density at radius 3 is 2.67 bits per heavy atom. The molecule has 1 aliphatic rings. The molecule has 0 radical (unpaired) electrons. The predicted octanol–water partition coefficient (Wildman–Crippen LogP) is 1.42. The number of likely N-dealkylation sites (tertiary alicyclic amines) is 1. The van der Waals surface area contributed by atoms with Crippen molar-refractivity contribution in [1.29, 1.82) is 0 Å². The Labute approximate surface area is 134 Å². The summed E-state index contributed by atoms with van der Waals surface area (Å²) in [7, 11) is 0. The summed E-state index contributed by atoms with van der Waals surface area (Å²) in [5.41, 5.74) is -0.0679. The van der Waals surface area contributed by atoms with Crippen molar-refractivity contribution in [2.45, 2.75) is 25.1 Å². The Bertz CT molecular complexity index is 663. The number of hydrogen-bond acceptors (Lipinski definition) is 4. The van der Waals surface area contributed by atoms with E-state index < -0.39 is 35.5 Å². The number of hydrogen-bond donors (Lipinski definition) is 1. The summed E-state index contributed by atoms with van der Waals surface area (Å²) in [6.07, 6.45) is -4.77. The number of nitro benzene ring substituents is 1. The van der Waals surface area contributed by atoms with Crippen LogP contribution >= 0.6 is 0 Å². The zero-order valence-corrected chi connectivity index (χ0v) is 12.4. The van der Waals surface area contributed by atoms with E-state index in [9.17, 15) is 32.9 Å². The number of nitro groups is 1. The molecule has 1 aromatic rings. The van der Waals surface area contributed by atoms with Crippen LogP contribution in [-0.4, -0.2) is 46.9 Å². The SMILES string of the molecule is O=C(Cc1ccccc1[N+](=O)[O-])NC1CCN(CC(F)(F)F)C1=O. The molecule has 2 rings (SSSR count). The largest absolute Gasteiger partial charge is 0.406 e. The minimum absolute atomic E-state index is 0.0670. The minimum atomic E-state index is -4.50. The third-order valence-corrected chi connectivity index (χ3v) is 3.54. The molecule has 10 heteroatoms. The molecule has 1 atom stereocenters. The van der Waals surface area contributed by atoms with E-state index in [1.165, 1.54) is 24.3 Å². The van der Waals surface area contributed by atoms with Gasteiger partial charge in [0.15, 0.2) is 0 Å². The van der Waals surface area contributed by atoms with Crippen LogP contribution in [0.5, 0.6) is 0 Å². The molecule has 130 valence electrons. The number of carbonyl (C=O) groups is 2. The molecule has 0 aliphatic carbocycles. The van der Waals surface area contributed by atoms with Crippen LogP contribution in [0.4, 0.5) is 18.9 Å². The van der Waals surface area contributed by atoms with Crippen LogP contribution in [0.3, 0.4) is 0 Å². The van der Waals surface area contributed by atoms with Gasteiger partial charge in [-0.3, -0.25) is 19.7 Å². The van der Waals surface area contributed by atoms with Crippen molar-refractivity contribution in [1.82, 2.24) is 10.2 Å². The highest BCUT2D eigenvalue weighted by Crippen LogP contribution is 2.21. The van der Waals surface area contributed by atoms with E-state index in [2.05, 4.69) is 5.32 Å². The first kappa shape index (κ1) is 17.7. The first-order chi connectivity index (χ1) is 11.2. The molecule has 1 fully saturated rings. The molecule has 1 heterocycles. The van der Waals surface area contributed by atoms with E-state index in [0.717, 1.165) is 0 Å². The molecule has 2 amide bonds. The van der Waals surface area contributed by atoms with Crippen LogP contribution in [0.1, 0.15) is 12.0 Å². The second-order valence-electron chi connectivity index (χ2n) is 5.35. The molecule has 7 nitrogen and oxygen atoms in total. The molecule has 1 aromatic carbocycles. The molecule has 0 aromatic heterocycles. The molecule has 0 bridgehead atoms. The number of carbonyl (C=O) groups excluding carboxylic acids is 2. The lowest BCUT2D eigenvalue weighted by atomic mass is 10.1. The molecule has 1 N–H and O–H groups in total. The number of para-hydroxylation sites is 1. The molecular formula is C14H14F3N3O4. The average molecular weight is 345 g/mol. The van der Waals surface area contributed by atoms with Crippen molar-refractivity contribution in [3.8, 4) is 0 Å². The van der Waals surface area contributed by atoms with E-state index in [1.807, 2.05) is 0 Å². The second kappa shape index (κ2) is 6.85. The molecule has 1 aliphatic heterocycles. The number of alkyl halides is 3. The lowest BCUT2D eigenvalue weighted by Crippen LogP contribution is -2.44. The standard InChI is InChI=1S/C14H14F3N3O4/c15-14(16,17)8-19-6-5-10(13(19)22)18-12(21)7-9-3-1-2-4-11(9)20(23)24/h1-4,10H,5-8H2,(H,18,21). The smallest absolute Gasteiger partial charge is 0.344 e. The molecule has 1 unspecified atom stereocenters. The van der Waals surface area contributed by atoms with Gasteiger partial charge in [-0.15, -0.1) is 0 Å². The summed E-state index contributed by atoms with van der Waals surface area (Å²) in [6.45, 7) is -1.46. The van der Waals surface area contributed by atoms with Crippen LogP contribution in [0.15, 0.2) is 24.3 Å². The summed E-state index contributed by atoms with van der Waals surface area (Å²) in [6, 6.07) is 4.59. The maximum absolute atomic E-state index is 12.3. The van der Waals surface area contributed by atoms with E-state index in [0.29, 0.717) is 4.90 Å². The fourth-order valence-corrected chi connectivity index (χ4v) is 2.50. The predicted molar refractivity (Wildman–Crippen MR) is 76.0 cm³/mol. The van der Waals surface area contributed by atoms with Crippen LogP contribution in [-0.2, 0) is 16.0 Å². The van der Waals surface area contributed by atoms with Gasteiger partial charge < -0.3 is 10.2 Å². The van der Waals surface area contributed by atoms with Crippen LogP contribution in [0.25, 0.3) is 0 Å². The summed E-state index contributed by atoms with van der Waals surface area (Å²) >= 11 is 0. The maximum Gasteiger partial charge on any atom is 0.406 e. The Morgan fingerprint density at radius 1 is 1.38 bits per heavy atom. The highest BCUT2D eigenvalue weighted by Gasteiger charge is 2.39. The molecule has 1 saturated heterocycles. The van der Waals surface area contributed by atoms with E-state index >= 15 is 0 Å². The Morgan fingerprint density at radius 2 is 2.04 bits per heavy atom. The Balaban J connectivity index is 1.97. The fourth-order valence-electron chi connectivity index (χ4n) is 2.50. The lowest BCUT2D eigenvalue weighted by molar-refractivity contribution is -0.385. The van der Waals surface area contributed by atoms with E-state index in [1.54, 1.807) is 0 Å². The third kappa shape index (κ3) is 4.43. The number of rotatable bonds is 5. The van der Waals surface area contributed by atoms with E-state index in [-0.39, 0.29) is 30.6 Å². The first-order valence-electron chi connectivity index (χ1n) is 7.04. The van der Waals surface area contributed by atoms with Gasteiger partial charge in [0.25, 0.3) is 5.69 Å². The van der Waals surface area contributed by atoms with Crippen LogP contribution in [0, 0.1) is 10.1 Å². The van der Waals surface area contributed by atoms with Gasteiger partial charge in [-0.05, 0) is 6.42 Å². The van der Waals surface area contributed by atoms with E-state index in [4.69, 9.17) is 0 Å². The normalized spacial score (nSPS) is 17.9. The fraction of sp³-hybridized carbons (Fsp3) is 0.429. The van der Waals surface area contributed by atoms with Gasteiger partial charge in [0.1, 0.15) is 12.6 Å². The molecular weight excluding hydrogens is 331 g/mol. The van der Waals surface area contributed by atoms with Crippen molar-refractivity contribution in [3.63, 3.8) is 0 Å². The van der Waals surface area contributed by atoms with Crippen molar-refractivity contribution >= 4 is 17.5 Å². The van der Waals surface area contributed by atoms with Gasteiger partial charge >= 0.3 is 6.18 Å². The zero-order valence-electron chi connectivity index (χ0n) is 12.4. The van der Waals surface area contributed by atoms with Crippen molar-refractivity contribution < 1.29 is 27.7 Å². The third-order valence-electron chi connectivity index (χ3n) is 3.54. The van der Waals surface area contributed by atoms with Crippen molar-refractivity contribution in [3.05, 3.63) is 39.9 Å². The topological polar surface area (TPSA) is 92.5 Å². The summed E-state index contributed by atoms with van der Waals surface area (Å²) in [4.78, 5) is 34.7. The monoisotopic (exact) mass is 345 g/mol. The van der Waals surface area contributed by atoms with Gasteiger partial charge in [0, 0.05) is 18.2 Å². The molecule has 0 spiro atoms. The first-order valence-corrected chi connectivity index (χ1v) is 7.04. The zero-order chi connectivity index (χ0) is 17.9. The number of nitrogens with zero attached hydrogens (tertiary/aromatic N) is 2. The second-order valence-corrected chi connectivity index (χ2v) is 5.35. The molecule has 0 saturated carbocycles. The van der Waals surface area contributed by atoms with Crippen LogP contribution < -0.4 is 5.32 Å². The summed E-state index contributed by atoms with van der Waals surface area (Å²) in [5, 5.41) is 13.2. The van der Waals surface area contributed by atoms with Gasteiger partial charge in [0.2, 0.25) is 11.8 Å². The quantitative estimate of drug-likeness (QED) is 0.645. The summed E-state index contributed by atoms with van der Waals surface area (Å²) < 4.78 is 37.0. The number of benzene rings is 1. The van der Waals surface area contributed by atoms with Gasteiger partial charge in [-0.2, -0.15) is 13.2 Å². The minimum Gasteiger partial charge on any atom is -0.344 e. The van der Waals surface area contributed by atoms with Crippen molar-refractivity contribution in [2.75, 3.05) is 13.1 Å². The maximum atomic E-state index is 12.3. The van der Waals surface area contributed by atoms with Gasteiger partial charge in [-0.25, -0.2) is 0 Å². The Hall–Kier alpha value is -2.65. The lowest BCUT2D eigenvalue weighted by Gasteiger charge is -2.18. The van der Waals surface area contributed by atoms with Crippen LogP contribution in [0.2, 0.25) is 0 Å². The Kier molecular flexibility index (Phi) is 5.05. The highest BCUT2D eigenvalue weighted by molar-refractivity contribution is 5.90. The number of halogens is 3. The number of nitrogens with one attached hydrogen (secondary N) is 1. The van der Waals surface area contributed by atoms with Crippen molar-refractivity contribution in [2.24, 2.45) is 0 Å². The average Bonchev–Trinajstić information content (AvgIpc) is 2.78. The van der Waals surface area contributed by atoms with Gasteiger partial charge in [0.05, 0.1) is 11.3 Å². The highest BCUT2D eigenvalue weighted by atomic mass is 19.4. The van der Waals surface area contributed by atoms with Gasteiger partial charge in [-0.1, -0.05) is 18.2 Å². The number of amides is 2.